The molecular formula is C20H24FN3O2. The van der Waals surface area contributed by atoms with Crippen LogP contribution in [0.5, 0.6) is 0 Å². The molecule has 1 aliphatic heterocycles. The van der Waals surface area contributed by atoms with Crippen LogP contribution >= 0.6 is 0 Å². The zero-order valence-corrected chi connectivity index (χ0v) is 15.0. The van der Waals surface area contributed by atoms with Crippen LogP contribution in [0.15, 0.2) is 41.2 Å². The molecule has 0 spiro atoms. The highest BCUT2D eigenvalue weighted by Gasteiger charge is 2.24. The number of carbonyl (C=O) groups excluding carboxylic acids is 1. The Labute approximate surface area is 152 Å². The van der Waals surface area contributed by atoms with E-state index in [0.29, 0.717) is 18.2 Å². The lowest BCUT2D eigenvalue weighted by Gasteiger charge is -2.33. The van der Waals surface area contributed by atoms with E-state index in [1.165, 1.54) is 22.9 Å². The maximum Gasteiger partial charge on any atom is 0.267 e. The van der Waals surface area contributed by atoms with Gasteiger partial charge in [-0.2, -0.15) is 5.10 Å². The zero-order chi connectivity index (χ0) is 18.5. The van der Waals surface area contributed by atoms with Crippen LogP contribution in [0.1, 0.15) is 30.5 Å². The van der Waals surface area contributed by atoms with Gasteiger partial charge in [0.05, 0.1) is 5.69 Å². The third-order valence-corrected chi connectivity index (χ3v) is 4.91. The fraction of sp³-hybridized carbons (Fsp3) is 0.450. The van der Waals surface area contributed by atoms with Gasteiger partial charge in [0.15, 0.2) is 0 Å². The van der Waals surface area contributed by atoms with E-state index >= 15 is 0 Å². The Morgan fingerprint density at radius 1 is 1.23 bits per heavy atom. The molecule has 1 aromatic heterocycles. The van der Waals surface area contributed by atoms with Crippen molar-refractivity contribution >= 4 is 5.91 Å². The summed E-state index contributed by atoms with van der Waals surface area (Å²) in [7, 11) is 0. The Hall–Kier alpha value is -2.50. The SMILES string of the molecule is Cc1ccc(=O)n(CC(=O)N2CCC[C@@H](CCc3ccc(F)cc3)C2)n1. The van der Waals surface area contributed by atoms with Crippen molar-refractivity contribution in [2.24, 2.45) is 5.92 Å². The smallest absolute Gasteiger partial charge is 0.267 e. The molecule has 0 N–H and O–H groups in total. The molecule has 1 amide bonds. The van der Waals surface area contributed by atoms with Crippen molar-refractivity contribution in [1.82, 2.24) is 14.7 Å². The van der Waals surface area contributed by atoms with Crippen molar-refractivity contribution in [2.45, 2.75) is 39.2 Å². The summed E-state index contributed by atoms with van der Waals surface area (Å²) in [5.74, 6) is 0.153. The molecule has 26 heavy (non-hydrogen) atoms. The van der Waals surface area contributed by atoms with Gasteiger partial charge < -0.3 is 4.90 Å². The van der Waals surface area contributed by atoms with Gasteiger partial charge in [-0.25, -0.2) is 9.07 Å². The van der Waals surface area contributed by atoms with Crippen molar-refractivity contribution < 1.29 is 9.18 Å². The predicted octanol–water partition coefficient (Wildman–Crippen LogP) is 2.56. The van der Waals surface area contributed by atoms with E-state index in [4.69, 9.17) is 0 Å². The Bertz CT molecular complexity index is 817. The fourth-order valence-corrected chi connectivity index (χ4v) is 3.44. The van der Waals surface area contributed by atoms with Crippen LogP contribution < -0.4 is 5.56 Å². The first-order valence-corrected chi connectivity index (χ1v) is 9.08. The van der Waals surface area contributed by atoms with Gasteiger partial charge in [0.2, 0.25) is 5.91 Å². The second-order valence-corrected chi connectivity index (χ2v) is 6.98. The molecule has 0 radical (unpaired) electrons. The number of rotatable bonds is 5. The number of likely N-dealkylation sites (tertiary alicyclic amines) is 1. The number of piperidine rings is 1. The predicted molar refractivity (Wildman–Crippen MR) is 97.3 cm³/mol. The summed E-state index contributed by atoms with van der Waals surface area (Å²) in [4.78, 5) is 26.3. The molecule has 0 bridgehead atoms. The standard InChI is InChI=1S/C20H24FN3O2/c1-15-4-11-19(25)24(22-15)14-20(26)23-12-2-3-17(13-23)6-5-16-7-9-18(21)10-8-16/h4,7-11,17H,2-3,5-6,12-14H2,1H3/t17-/m0/s1. The molecule has 1 aliphatic rings. The number of carbonyl (C=O) groups is 1. The minimum Gasteiger partial charge on any atom is -0.341 e. The first-order valence-electron chi connectivity index (χ1n) is 9.08. The number of aryl methyl sites for hydroxylation is 2. The molecule has 0 saturated carbocycles. The topological polar surface area (TPSA) is 55.2 Å². The maximum absolute atomic E-state index is 13.0. The lowest BCUT2D eigenvalue weighted by molar-refractivity contribution is -0.134. The third kappa shape index (κ3) is 4.77. The summed E-state index contributed by atoms with van der Waals surface area (Å²) in [5.41, 5.74) is 1.58. The van der Waals surface area contributed by atoms with Crippen molar-refractivity contribution in [3.05, 3.63) is 63.8 Å². The van der Waals surface area contributed by atoms with Crippen LogP contribution in [-0.4, -0.2) is 33.7 Å². The largest absolute Gasteiger partial charge is 0.341 e. The molecule has 6 heteroatoms. The second kappa shape index (κ2) is 8.25. The van der Waals surface area contributed by atoms with Gasteiger partial charge in [0.25, 0.3) is 5.56 Å². The van der Waals surface area contributed by atoms with Crippen LogP contribution in [0, 0.1) is 18.7 Å². The van der Waals surface area contributed by atoms with Crippen LogP contribution in [0.2, 0.25) is 0 Å². The second-order valence-electron chi connectivity index (χ2n) is 6.98. The molecule has 1 saturated heterocycles. The molecule has 1 aromatic carbocycles. The Kier molecular flexibility index (Phi) is 5.81. The number of hydrogen-bond acceptors (Lipinski definition) is 3. The number of hydrogen-bond donors (Lipinski definition) is 0. The highest BCUT2D eigenvalue weighted by Crippen LogP contribution is 2.22. The molecule has 5 nitrogen and oxygen atoms in total. The number of nitrogens with zero attached hydrogens (tertiary/aromatic N) is 3. The van der Waals surface area contributed by atoms with Gasteiger partial charge in [-0.1, -0.05) is 12.1 Å². The Morgan fingerprint density at radius 2 is 2.00 bits per heavy atom. The molecule has 1 atom stereocenters. The summed E-state index contributed by atoms with van der Waals surface area (Å²) in [6.07, 6.45) is 3.91. The number of halogens is 1. The Balaban J connectivity index is 1.55. The molecule has 0 aliphatic carbocycles. The van der Waals surface area contributed by atoms with Crippen LogP contribution in [0.4, 0.5) is 4.39 Å². The minimum absolute atomic E-state index is 0.00873. The normalized spacial score (nSPS) is 17.3. The molecule has 1 fully saturated rings. The summed E-state index contributed by atoms with van der Waals surface area (Å²) in [6, 6.07) is 9.69. The van der Waals surface area contributed by atoms with Crippen molar-refractivity contribution in [3.8, 4) is 0 Å². The monoisotopic (exact) mass is 357 g/mol. The van der Waals surface area contributed by atoms with Crippen molar-refractivity contribution in [3.63, 3.8) is 0 Å². The lowest BCUT2D eigenvalue weighted by atomic mass is 9.91. The molecular weight excluding hydrogens is 333 g/mol. The molecule has 138 valence electrons. The summed E-state index contributed by atoms with van der Waals surface area (Å²) >= 11 is 0. The van der Waals surface area contributed by atoms with Crippen LogP contribution in [-0.2, 0) is 17.8 Å². The average molecular weight is 357 g/mol. The molecule has 2 heterocycles. The van der Waals surface area contributed by atoms with E-state index in [1.807, 2.05) is 17.0 Å². The maximum atomic E-state index is 13.0. The first kappa shape index (κ1) is 18.3. The van der Waals surface area contributed by atoms with E-state index in [-0.39, 0.29) is 23.8 Å². The van der Waals surface area contributed by atoms with Crippen LogP contribution in [0.3, 0.4) is 0 Å². The fourth-order valence-electron chi connectivity index (χ4n) is 3.44. The summed E-state index contributed by atoms with van der Waals surface area (Å²) in [5, 5.41) is 4.14. The molecule has 0 unspecified atom stereocenters. The number of benzene rings is 1. The van der Waals surface area contributed by atoms with Crippen molar-refractivity contribution in [2.75, 3.05) is 13.1 Å². The van der Waals surface area contributed by atoms with E-state index in [0.717, 1.165) is 37.8 Å². The minimum atomic E-state index is -0.256. The van der Waals surface area contributed by atoms with Crippen molar-refractivity contribution in [1.29, 1.82) is 0 Å². The van der Waals surface area contributed by atoms with Gasteiger partial charge in [0, 0.05) is 19.2 Å². The molecule has 3 rings (SSSR count). The highest BCUT2D eigenvalue weighted by molar-refractivity contribution is 5.76. The third-order valence-electron chi connectivity index (χ3n) is 4.91. The Morgan fingerprint density at radius 3 is 2.77 bits per heavy atom. The van der Waals surface area contributed by atoms with E-state index in [9.17, 15) is 14.0 Å². The van der Waals surface area contributed by atoms with Gasteiger partial charge in [-0.05, 0) is 62.3 Å². The van der Waals surface area contributed by atoms with Gasteiger partial charge in [-0.3, -0.25) is 9.59 Å². The van der Waals surface area contributed by atoms with E-state index in [2.05, 4.69) is 5.10 Å². The molecule has 2 aromatic rings. The number of amides is 1. The van der Waals surface area contributed by atoms with E-state index in [1.54, 1.807) is 13.0 Å². The summed E-state index contributed by atoms with van der Waals surface area (Å²) < 4.78 is 14.2. The van der Waals surface area contributed by atoms with Gasteiger partial charge >= 0.3 is 0 Å². The quantitative estimate of drug-likeness (QED) is 0.826. The lowest BCUT2D eigenvalue weighted by Crippen LogP contribution is -2.43. The summed E-state index contributed by atoms with van der Waals surface area (Å²) in [6.45, 7) is 3.23. The number of aromatic nitrogens is 2. The first-order chi connectivity index (χ1) is 12.5. The zero-order valence-electron chi connectivity index (χ0n) is 15.0. The highest BCUT2D eigenvalue weighted by atomic mass is 19.1. The van der Waals surface area contributed by atoms with Gasteiger partial charge in [0.1, 0.15) is 12.4 Å². The van der Waals surface area contributed by atoms with Crippen LogP contribution in [0.25, 0.3) is 0 Å². The van der Waals surface area contributed by atoms with Gasteiger partial charge in [-0.15, -0.1) is 0 Å². The van der Waals surface area contributed by atoms with E-state index < -0.39 is 0 Å². The average Bonchev–Trinajstić information content (AvgIpc) is 2.64.